The van der Waals surface area contributed by atoms with Crippen molar-refractivity contribution in [2.24, 2.45) is 10.7 Å². The molecule has 0 aliphatic carbocycles. The molecule has 3 N–H and O–H groups in total. The average molecular weight is 490 g/mol. The number of hydrogen-bond acceptors (Lipinski definition) is 5. The van der Waals surface area contributed by atoms with E-state index in [0.717, 1.165) is 11.6 Å². The van der Waals surface area contributed by atoms with Crippen LogP contribution in [0.25, 0.3) is 11.0 Å². The van der Waals surface area contributed by atoms with E-state index in [0.29, 0.717) is 6.42 Å². The van der Waals surface area contributed by atoms with Crippen molar-refractivity contribution in [3.05, 3.63) is 64.5 Å². The Hall–Kier alpha value is -1.38. The number of aromatic amines is 1. The molecular weight excluding hydrogens is 466 g/mol. The molecule has 0 spiro atoms. The summed E-state index contributed by atoms with van der Waals surface area (Å²) in [6, 6.07) is 1.12. The van der Waals surface area contributed by atoms with Gasteiger partial charge in [0.05, 0.1) is 11.1 Å². The second kappa shape index (κ2) is 12.9. The molecular formula is C17H24FN5O2Pr-2. The topological polar surface area (TPSA) is 106 Å². The minimum absolute atomic E-state index is 0. The summed E-state index contributed by atoms with van der Waals surface area (Å²) < 4.78 is 15.1. The first kappa shape index (κ1) is 26.8. The number of aromatic nitrogens is 3. The molecule has 26 heavy (non-hydrogen) atoms. The first-order valence-corrected chi connectivity index (χ1v) is 7.32. The molecule has 0 bridgehead atoms. The second-order valence-electron chi connectivity index (χ2n) is 4.83. The van der Waals surface area contributed by atoms with E-state index in [1.165, 1.54) is 17.8 Å². The smallest absolute Gasteiger partial charge is 0.330 e. The zero-order chi connectivity index (χ0) is 18.3. The fourth-order valence-electron chi connectivity index (χ4n) is 2.09. The molecule has 0 atom stereocenters. The van der Waals surface area contributed by atoms with Gasteiger partial charge in [-0.3, -0.25) is 14.3 Å². The zero-order valence-electron chi connectivity index (χ0n) is 15.5. The molecule has 0 aliphatic rings. The number of pyridine rings is 1. The van der Waals surface area contributed by atoms with Gasteiger partial charge in [-0.2, -0.15) is 7.05 Å². The van der Waals surface area contributed by atoms with Gasteiger partial charge in [-0.1, -0.05) is 12.5 Å². The summed E-state index contributed by atoms with van der Waals surface area (Å²) in [7, 11) is 4.83. The zero-order valence-corrected chi connectivity index (χ0v) is 19.2. The quantitative estimate of drug-likeness (QED) is 0.502. The first-order chi connectivity index (χ1) is 11.5. The van der Waals surface area contributed by atoms with Crippen LogP contribution in [0.15, 0.2) is 32.3 Å². The molecule has 0 unspecified atom stereocenters. The van der Waals surface area contributed by atoms with Gasteiger partial charge >= 0.3 is 5.69 Å². The fraction of sp³-hybridized carbons (Fsp3) is 0.294. The maximum absolute atomic E-state index is 13.8. The molecule has 2 aromatic rings. The maximum Gasteiger partial charge on any atom is 0.330 e. The number of aryl methyl sites for hydroxylation is 1. The van der Waals surface area contributed by atoms with Gasteiger partial charge in [-0.05, 0) is 26.5 Å². The minimum atomic E-state index is -0.647. The number of halogens is 1. The molecule has 9 heteroatoms. The Morgan fingerprint density at radius 2 is 2.08 bits per heavy atom. The van der Waals surface area contributed by atoms with Crippen LogP contribution >= 0.6 is 0 Å². The molecule has 0 saturated carbocycles. The van der Waals surface area contributed by atoms with E-state index in [1.54, 1.807) is 19.9 Å². The van der Waals surface area contributed by atoms with E-state index in [2.05, 4.69) is 27.7 Å². The van der Waals surface area contributed by atoms with Gasteiger partial charge in [-0.25, -0.2) is 14.2 Å². The van der Waals surface area contributed by atoms with E-state index in [9.17, 15) is 14.0 Å². The molecule has 0 amide bonds. The molecule has 2 aromatic heterocycles. The Kier molecular flexibility index (Phi) is 13.3. The van der Waals surface area contributed by atoms with Crippen molar-refractivity contribution in [2.45, 2.75) is 26.8 Å². The number of nitrogens with two attached hydrogens (primary N) is 1. The standard InChI is InChI=1S/C15H16FN4O2.CH5N.CH3.Pr/c1-4-12-11(16)7-10-13(18-12)20(15(22)19-14(10)21)8-9(2)5-6-17-3;1-2;;/h5-7H,3-4,8H2,1-2H3,(H,19,21,22);2H2,1H3;1H3;/q-1;;-1;/b9-5-,17-6?;;;. The van der Waals surface area contributed by atoms with Crippen LogP contribution in [-0.4, -0.2) is 27.8 Å². The second-order valence-corrected chi connectivity index (χ2v) is 4.83. The summed E-state index contributed by atoms with van der Waals surface area (Å²) in [5.74, 6) is -0.554. The van der Waals surface area contributed by atoms with Crippen molar-refractivity contribution in [3.63, 3.8) is 0 Å². The summed E-state index contributed by atoms with van der Waals surface area (Å²) in [5.41, 5.74) is 4.47. The van der Waals surface area contributed by atoms with Crippen molar-refractivity contribution < 1.29 is 45.7 Å². The third kappa shape index (κ3) is 6.41. The number of nitrogens with one attached hydrogen (secondary N) is 1. The molecule has 2 heterocycles. The van der Waals surface area contributed by atoms with Crippen LogP contribution in [0.4, 0.5) is 4.39 Å². The summed E-state index contributed by atoms with van der Waals surface area (Å²) in [6.07, 6.45) is 3.56. The van der Waals surface area contributed by atoms with Crippen LogP contribution in [0.5, 0.6) is 0 Å². The van der Waals surface area contributed by atoms with E-state index in [1.807, 2.05) is 0 Å². The third-order valence-corrected chi connectivity index (χ3v) is 3.20. The van der Waals surface area contributed by atoms with Crippen molar-refractivity contribution in [2.75, 3.05) is 7.05 Å². The van der Waals surface area contributed by atoms with Gasteiger partial charge in [0, 0.05) is 47.8 Å². The summed E-state index contributed by atoms with van der Waals surface area (Å²) in [6.45, 7) is 3.76. The molecule has 2 rings (SSSR count). The predicted molar refractivity (Wildman–Crippen MR) is 100 cm³/mol. The summed E-state index contributed by atoms with van der Waals surface area (Å²) >= 11 is 0. The monoisotopic (exact) mass is 490 g/mol. The van der Waals surface area contributed by atoms with Gasteiger partial charge < -0.3 is 18.2 Å². The van der Waals surface area contributed by atoms with E-state index < -0.39 is 17.1 Å². The Balaban J connectivity index is 0. The Bertz CT molecular complexity index is 887. The molecule has 0 aromatic carbocycles. The number of fused-ring (bicyclic) bond motifs is 1. The number of rotatable bonds is 4. The third-order valence-electron chi connectivity index (χ3n) is 3.20. The number of allylic oxidation sites excluding steroid dienone is 2. The van der Waals surface area contributed by atoms with Crippen LogP contribution in [0.1, 0.15) is 19.5 Å². The molecule has 7 nitrogen and oxygen atoms in total. The van der Waals surface area contributed by atoms with Gasteiger partial charge in [0.1, 0.15) is 11.5 Å². The molecule has 141 valence electrons. The average Bonchev–Trinajstić information content (AvgIpc) is 2.58. The number of hydrogen-bond donors (Lipinski definition) is 2. The largest absolute Gasteiger partial charge is 0.457 e. The van der Waals surface area contributed by atoms with Gasteiger partial charge in [0.25, 0.3) is 5.56 Å². The maximum atomic E-state index is 13.8. The van der Waals surface area contributed by atoms with Gasteiger partial charge in [-0.15, -0.1) is 12.3 Å². The SMILES string of the molecule is CN.[CH2-]N=C/C=C(/C)Cn1c(=O)[nH]c(=O)c2cc(F)c(CC)nc21.[CH3-].[Pr]. The van der Waals surface area contributed by atoms with Crippen LogP contribution in [-0.2, 0) is 13.0 Å². The van der Waals surface area contributed by atoms with E-state index in [4.69, 9.17) is 0 Å². The van der Waals surface area contributed by atoms with Gasteiger partial charge in [0.15, 0.2) is 0 Å². The van der Waals surface area contributed by atoms with Crippen molar-refractivity contribution in [3.8, 4) is 0 Å². The molecule has 1 radical (unpaired) electrons. The molecule has 0 aliphatic heterocycles. The molecule has 0 saturated heterocycles. The van der Waals surface area contributed by atoms with E-state index in [-0.39, 0.29) is 72.0 Å². The van der Waals surface area contributed by atoms with Crippen molar-refractivity contribution in [1.29, 1.82) is 0 Å². The fourth-order valence-corrected chi connectivity index (χ4v) is 2.09. The van der Waals surface area contributed by atoms with Crippen LogP contribution < -0.4 is 17.0 Å². The van der Waals surface area contributed by atoms with Crippen molar-refractivity contribution in [1.82, 2.24) is 14.5 Å². The summed E-state index contributed by atoms with van der Waals surface area (Å²) in [5, 5.41) is 0.0490. The number of nitrogens with zero attached hydrogens (tertiary/aromatic N) is 3. The predicted octanol–water partition coefficient (Wildman–Crippen LogP) is 1.62. The van der Waals surface area contributed by atoms with Crippen LogP contribution in [0.2, 0.25) is 0 Å². The van der Waals surface area contributed by atoms with Crippen LogP contribution in [0.3, 0.4) is 0 Å². The van der Waals surface area contributed by atoms with Crippen molar-refractivity contribution >= 4 is 17.2 Å². The molecule has 0 fully saturated rings. The number of aliphatic imine (C=N–C) groups is 1. The normalized spacial score (nSPS) is 10.7. The minimum Gasteiger partial charge on any atom is -0.457 e. The Morgan fingerprint density at radius 3 is 2.62 bits per heavy atom. The Morgan fingerprint density at radius 1 is 1.46 bits per heavy atom. The van der Waals surface area contributed by atoms with E-state index >= 15 is 0 Å². The Labute approximate surface area is 185 Å². The van der Waals surface area contributed by atoms with Crippen LogP contribution in [0, 0.1) is 61.6 Å². The van der Waals surface area contributed by atoms with Gasteiger partial charge in [0.2, 0.25) is 0 Å². The summed E-state index contributed by atoms with van der Waals surface area (Å²) in [4.78, 5) is 33.8. The first-order valence-electron chi connectivity index (χ1n) is 7.32. The number of H-pyrrole nitrogens is 1.